The fourth-order valence-electron chi connectivity index (χ4n) is 4.64. The van der Waals surface area contributed by atoms with E-state index < -0.39 is 0 Å². The molecule has 180 valence electrons. The minimum atomic E-state index is 0.0192. The third-order valence-corrected chi connectivity index (χ3v) is 8.82. The third-order valence-electron chi connectivity index (χ3n) is 6.62. The van der Waals surface area contributed by atoms with Crippen LogP contribution in [0.4, 0.5) is 0 Å². The maximum atomic E-state index is 13.0. The van der Waals surface area contributed by atoms with Gasteiger partial charge in [-0.15, -0.1) is 11.3 Å². The molecule has 0 atom stereocenters. The van der Waals surface area contributed by atoms with Crippen LogP contribution in [0.25, 0.3) is 10.2 Å². The third kappa shape index (κ3) is 5.01. The lowest BCUT2D eigenvalue weighted by Crippen LogP contribution is -2.50. The maximum Gasteiger partial charge on any atom is 0.262 e. The van der Waals surface area contributed by atoms with E-state index in [1.807, 2.05) is 35.2 Å². The van der Waals surface area contributed by atoms with Gasteiger partial charge in [-0.25, -0.2) is 4.98 Å². The Morgan fingerprint density at radius 2 is 1.88 bits per heavy atom. The van der Waals surface area contributed by atoms with Gasteiger partial charge >= 0.3 is 0 Å². The van der Waals surface area contributed by atoms with Crippen LogP contribution in [-0.2, 0) is 24.7 Å². The van der Waals surface area contributed by atoms with Crippen LogP contribution in [0.1, 0.15) is 23.3 Å². The SMILES string of the molecule is Cn1c(SCC(=O)N2CCN(CCOc3ccccc3)CC2)nc2sc3c(c2c1=O)CCCC3. The summed E-state index contributed by atoms with van der Waals surface area (Å²) in [7, 11) is 1.77. The van der Waals surface area contributed by atoms with E-state index in [9.17, 15) is 9.59 Å². The molecule has 7 nitrogen and oxygen atoms in total. The van der Waals surface area contributed by atoms with Crippen LogP contribution < -0.4 is 10.3 Å². The van der Waals surface area contributed by atoms with E-state index in [0.717, 1.165) is 54.9 Å². The average Bonchev–Trinajstić information content (AvgIpc) is 3.24. The summed E-state index contributed by atoms with van der Waals surface area (Å²) < 4.78 is 7.41. The van der Waals surface area contributed by atoms with Crippen LogP contribution in [0.15, 0.2) is 40.3 Å². The van der Waals surface area contributed by atoms with Crippen LogP contribution in [0.5, 0.6) is 5.75 Å². The van der Waals surface area contributed by atoms with Crippen molar-refractivity contribution in [2.45, 2.75) is 30.8 Å². The van der Waals surface area contributed by atoms with Gasteiger partial charge in [0.1, 0.15) is 17.2 Å². The predicted molar refractivity (Wildman–Crippen MR) is 137 cm³/mol. The van der Waals surface area contributed by atoms with E-state index in [2.05, 4.69) is 4.90 Å². The van der Waals surface area contributed by atoms with Crippen LogP contribution >= 0.6 is 23.1 Å². The van der Waals surface area contributed by atoms with Gasteiger partial charge in [0.2, 0.25) is 5.91 Å². The largest absolute Gasteiger partial charge is 0.492 e. The fraction of sp³-hybridized carbons (Fsp3) is 0.480. The van der Waals surface area contributed by atoms with Crippen molar-refractivity contribution in [1.82, 2.24) is 19.4 Å². The van der Waals surface area contributed by atoms with Gasteiger partial charge in [-0.3, -0.25) is 19.1 Å². The van der Waals surface area contributed by atoms with Gasteiger partial charge in [-0.1, -0.05) is 30.0 Å². The van der Waals surface area contributed by atoms with Gasteiger partial charge in [0.15, 0.2) is 5.16 Å². The molecule has 0 radical (unpaired) electrons. The van der Waals surface area contributed by atoms with E-state index in [4.69, 9.17) is 9.72 Å². The van der Waals surface area contributed by atoms with Crippen molar-refractivity contribution in [3.05, 3.63) is 51.1 Å². The van der Waals surface area contributed by atoms with Crippen molar-refractivity contribution < 1.29 is 9.53 Å². The Hall–Kier alpha value is -2.36. The molecular formula is C25H30N4O3S2. The van der Waals surface area contributed by atoms with Gasteiger partial charge in [0.25, 0.3) is 5.56 Å². The number of carbonyl (C=O) groups is 1. The molecule has 0 spiro atoms. The second kappa shape index (κ2) is 10.5. The number of thioether (sulfide) groups is 1. The number of piperazine rings is 1. The zero-order valence-electron chi connectivity index (χ0n) is 19.5. The van der Waals surface area contributed by atoms with Crippen LogP contribution in [-0.4, -0.2) is 70.3 Å². The molecule has 1 aliphatic heterocycles. The highest BCUT2D eigenvalue weighted by molar-refractivity contribution is 7.99. The minimum absolute atomic E-state index is 0.0192. The topological polar surface area (TPSA) is 67.7 Å². The summed E-state index contributed by atoms with van der Waals surface area (Å²) in [6.45, 7) is 4.61. The first kappa shape index (κ1) is 23.4. The zero-order valence-corrected chi connectivity index (χ0v) is 21.1. The fourth-order valence-corrected chi connectivity index (χ4v) is 6.82. The Balaban J connectivity index is 1.13. The smallest absolute Gasteiger partial charge is 0.262 e. The molecule has 1 amide bonds. The molecule has 1 fully saturated rings. The number of hydrogen-bond acceptors (Lipinski definition) is 7. The standard InChI is InChI=1S/C25H30N4O3S2/c1-27-24(31)22-19-9-5-6-10-20(19)34-23(22)26-25(27)33-17-21(30)29-13-11-28(12-14-29)15-16-32-18-7-3-2-4-8-18/h2-4,7-8H,5-6,9-17H2,1H3. The molecule has 0 N–H and O–H groups in total. The molecule has 0 saturated carbocycles. The van der Waals surface area contributed by atoms with Crippen molar-refractivity contribution in [1.29, 1.82) is 0 Å². The summed E-state index contributed by atoms with van der Waals surface area (Å²) in [6, 6.07) is 9.84. The highest BCUT2D eigenvalue weighted by Crippen LogP contribution is 2.34. The normalized spacial score (nSPS) is 16.6. The molecule has 9 heteroatoms. The number of ether oxygens (including phenoxy) is 1. The summed E-state index contributed by atoms with van der Waals surface area (Å²) >= 11 is 3.03. The zero-order chi connectivity index (χ0) is 23.5. The van der Waals surface area contributed by atoms with Gasteiger partial charge in [-0.2, -0.15) is 0 Å². The molecule has 1 saturated heterocycles. The van der Waals surface area contributed by atoms with Crippen molar-refractivity contribution in [2.24, 2.45) is 7.05 Å². The van der Waals surface area contributed by atoms with E-state index >= 15 is 0 Å². The predicted octanol–water partition coefficient (Wildman–Crippen LogP) is 3.19. The molecule has 5 rings (SSSR count). The van der Waals surface area contributed by atoms with Crippen LogP contribution in [0.2, 0.25) is 0 Å². The van der Waals surface area contributed by atoms with Crippen molar-refractivity contribution in [2.75, 3.05) is 45.1 Å². The lowest BCUT2D eigenvalue weighted by molar-refractivity contribution is -0.130. The summed E-state index contributed by atoms with van der Waals surface area (Å²) in [5.41, 5.74) is 1.23. The Morgan fingerprint density at radius 3 is 2.68 bits per heavy atom. The van der Waals surface area contributed by atoms with Crippen molar-refractivity contribution in [3.63, 3.8) is 0 Å². The first-order valence-corrected chi connectivity index (χ1v) is 13.7. The highest BCUT2D eigenvalue weighted by atomic mass is 32.2. The molecule has 34 heavy (non-hydrogen) atoms. The number of carbonyl (C=O) groups excluding carboxylic acids is 1. The Bertz CT molecular complexity index is 1220. The number of aryl methyl sites for hydroxylation is 2. The van der Waals surface area contributed by atoms with Gasteiger partial charge in [0, 0.05) is 44.6 Å². The summed E-state index contributed by atoms with van der Waals surface area (Å²) in [6.07, 6.45) is 4.34. The Kier molecular flexibility index (Phi) is 7.22. The second-order valence-electron chi connectivity index (χ2n) is 8.82. The lowest BCUT2D eigenvalue weighted by atomic mass is 9.97. The number of hydrogen-bond donors (Lipinski definition) is 0. The molecule has 3 aromatic rings. The Morgan fingerprint density at radius 1 is 1.12 bits per heavy atom. The lowest BCUT2D eigenvalue weighted by Gasteiger charge is -2.34. The van der Waals surface area contributed by atoms with Crippen molar-refractivity contribution >= 4 is 39.2 Å². The van der Waals surface area contributed by atoms with Gasteiger partial charge < -0.3 is 9.64 Å². The molecule has 2 aliphatic rings. The molecule has 1 aliphatic carbocycles. The quantitative estimate of drug-likeness (QED) is 0.368. The first-order chi connectivity index (χ1) is 16.6. The number of nitrogens with zero attached hydrogens (tertiary/aromatic N) is 4. The monoisotopic (exact) mass is 498 g/mol. The molecule has 1 aromatic carbocycles. The first-order valence-electron chi connectivity index (χ1n) is 11.9. The minimum Gasteiger partial charge on any atom is -0.492 e. The van der Waals surface area contributed by atoms with Crippen LogP contribution in [0, 0.1) is 0 Å². The molecular weight excluding hydrogens is 468 g/mol. The second-order valence-corrected chi connectivity index (χ2v) is 10.8. The summed E-state index contributed by atoms with van der Waals surface area (Å²) in [5, 5.41) is 1.42. The average molecular weight is 499 g/mol. The highest BCUT2D eigenvalue weighted by Gasteiger charge is 2.24. The van der Waals surface area contributed by atoms with E-state index in [0.29, 0.717) is 30.6 Å². The molecule has 0 unspecified atom stereocenters. The molecule has 3 heterocycles. The summed E-state index contributed by atoms with van der Waals surface area (Å²) in [5.74, 6) is 1.29. The Labute approximate surface area is 207 Å². The number of amides is 1. The van der Waals surface area contributed by atoms with Crippen LogP contribution in [0.3, 0.4) is 0 Å². The van der Waals surface area contributed by atoms with E-state index in [1.165, 1.54) is 28.6 Å². The van der Waals surface area contributed by atoms with E-state index in [-0.39, 0.29) is 11.5 Å². The molecule has 2 aromatic heterocycles. The summed E-state index contributed by atoms with van der Waals surface area (Å²) in [4.78, 5) is 37.1. The number of aromatic nitrogens is 2. The van der Waals surface area contributed by atoms with Crippen molar-refractivity contribution in [3.8, 4) is 5.75 Å². The number of benzene rings is 1. The van der Waals surface area contributed by atoms with E-state index in [1.54, 1.807) is 23.0 Å². The van der Waals surface area contributed by atoms with Gasteiger partial charge in [0.05, 0.1) is 11.1 Å². The number of para-hydroxylation sites is 1. The number of rotatable bonds is 7. The number of fused-ring (bicyclic) bond motifs is 3. The molecule has 0 bridgehead atoms. The van der Waals surface area contributed by atoms with Gasteiger partial charge in [-0.05, 0) is 43.4 Å². The maximum absolute atomic E-state index is 13.0. The number of thiophene rings is 1.